The van der Waals surface area contributed by atoms with E-state index in [2.05, 4.69) is 11.2 Å². The van der Waals surface area contributed by atoms with Gasteiger partial charge in [0.15, 0.2) is 0 Å². The average Bonchev–Trinajstić information content (AvgIpc) is 2.71. The van der Waals surface area contributed by atoms with Crippen LogP contribution in [0.4, 0.5) is 0 Å². The molecule has 0 amide bonds. The normalized spacial score (nSPS) is 17.2. The summed E-state index contributed by atoms with van der Waals surface area (Å²) >= 11 is 0. The van der Waals surface area contributed by atoms with Gasteiger partial charge in [-0.1, -0.05) is 11.2 Å². The Balaban J connectivity index is 2.10. The van der Waals surface area contributed by atoms with Crippen LogP contribution in [0.15, 0.2) is 16.8 Å². The predicted molar refractivity (Wildman–Crippen MR) is 64.1 cm³/mol. The van der Waals surface area contributed by atoms with E-state index in [1.807, 2.05) is 0 Å². The summed E-state index contributed by atoms with van der Waals surface area (Å²) in [4.78, 5) is 15.0. The molecule has 0 bridgehead atoms. The second-order valence-corrected chi connectivity index (χ2v) is 3.89. The third-order valence-electron chi connectivity index (χ3n) is 2.55. The lowest BCUT2D eigenvalue weighted by Gasteiger charge is -2.04. The number of nitrogens with zero attached hydrogens (tertiary/aromatic N) is 1. The number of hydrogen-bond acceptors (Lipinski definition) is 4. The zero-order valence-corrected chi connectivity index (χ0v) is 10.1. The predicted octanol–water partition coefficient (Wildman–Crippen LogP) is 1.98. The number of unbranched alkanes of at least 4 members (excludes halogenated alkanes) is 1. The van der Waals surface area contributed by atoms with E-state index in [1.54, 1.807) is 7.11 Å². The maximum atomic E-state index is 10.2. The first-order valence-electron chi connectivity index (χ1n) is 5.83. The highest BCUT2D eigenvalue weighted by molar-refractivity contribution is 6.01. The summed E-state index contributed by atoms with van der Waals surface area (Å²) < 4.78 is 4.96. The highest BCUT2D eigenvalue weighted by atomic mass is 16.6. The topological polar surface area (TPSA) is 68.1 Å². The Hall–Kier alpha value is -1.36. The standard InChI is InChI=1S/C12H19NO4/c1-16-13-11-7-4-6-10(11)5-2-3-8-17-9-12(14)15/h6H,2-5,7-9H2,1H3,(H,14,15)/b13-11-. The summed E-state index contributed by atoms with van der Waals surface area (Å²) in [5.74, 6) is -0.919. The SMILES string of the molecule is CO/N=C1/CCC=C1CCCCOCC(=O)O. The third-order valence-corrected chi connectivity index (χ3v) is 2.55. The number of carboxylic acid groups (broad SMARTS) is 1. The van der Waals surface area contributed by atoms with E-state index in [4.69, 9.17) is 14.7 Å². The molecule has 0 fully saturated rings. The van der Waals surface area contributed by atoms with Crippen LogP contribution in [0.1, 0.15) is 32.1 Å². The molecule has 0 spiro atoms. The molecule has 1 aliphatic carbocycles. The molecule has 5 nitrogen and oxygen atoms in total. The van der Waals surface area contributed by atoms with Gasteiger partial charge < -0.3 is 14.7 Å². The van der Waals surface area contributed by atoms with Gasteiger partial charge in [0.1, 0.15) is 13.7 Å². The molecular formula is C12H19NO4. The van der Waals surface area contributed by atoms with Crippen LogP contribution in [0, 0.1) is 0 Å². The van der Waals surface area contributed by atoms with Crippen molar-refractivity contribution in [2.75, 3.05) is 20.3 Å². The Morgan fingerprint density at radius 1 is 1.53 bits per heavy atom. The van der Waals surface area contributed by atoms with E-state index in [1.165, 1.54) is 5.57 Å². The zero-order chi connectivity index (χ0) is 12.5. The van der Waals surface area contributed by atoms with Gasteiger partial charge in [-0.25, -0.2) is 4.79 Å². The molecule has 0 aromatic carbocycles. The highest BCUT2D eigenvalue weighted by Crippen LogP contribution is 2.20. The lowest BCUT2D eigenvalue weighted by molar-refractivity contribution is -0.142. The Morgan fingerprint density at radius 3 is 3.06 bits per heavy atom. The van der Waals surface area contributed by atoms with Crippen molar-refractivity contribution in [1.82, 2.24) is 0 Å². The quantitative estimate of drug-likeness (QED) is 0.521. The van der Waals surface area contributed by atoms with Crippen LogP contribution in [-0.4, -0.2) is 37.1 Å². The average molecular weight is 241 g/mol. The second-order valence-electron chi connectivity index (χ2n) is 3.89. The second kappa shape index (κ2) is 7.84. The van der Waals surface area contributed by atoms with Crippen molar-refractivity contribution >= 4 is 11.7 Å². The van der Waals surface area contributed by atoms with E-state index in [0.717, 1.165) is 37.8 Å². The largest absolute Gasteiger partial charge is 0.480 e. The molecule has 0 saturated carbocycles. The third kappa shape index (κ3) is 5.49. The first-order chi connectivity index (χ1) is 8.24. The molecule has 1 aliphatic rings. The Morgan fingerprint density at radius 2 is 2.35 bits per heavy atom. The molecule has 0 atom stereocenters. The summed E-state index contributed by atoms with van der Waals surface area (Å²) in [6, 6.07) is 0. The van der Waals surface area contributed by atoms with Crippen LogP contribution in [0.3, 0.4) is 0 Å². The van der Waals surface area contributed by atoms with E-state index in [9.17, 15) is 4.79 Å². The van der Waals surface area contributed by atoms with Crippen molar-refractivity contribution in [2.24, 2.45) is 5.16 Å². The van der Waals surface area contributed by atoms with Crippen LogP contribution in [0.5, 0.6) is 0 Å². The molecule has 0 aromatic heterocycles. The van der Waals surface area contributed by atoms with Crippen molar-refractivity contribution in [1.29, 1.82) is 0 Å². The van der Waals surface area contributed by atoms with Crippen LogP contribution in [0.25, 0.3) is 0 Å². The van der Waals surface area contributed by atoms with Crippen molar-refractivity contribution in [3.63, 3.8) is 0 Å². The van der Waals surface area contributed by atoms with Crippen molar-refractivity contribution in [3.8, 4) is 0 Å². The minimum Gasteiger partial charge on any atom is -0.480 e. The summed E-state index contributed by atoms with van der Waals surface area (Å²) in [6.07, 6.45) is 6.99. The van der Waals surface area contributed by atoms with Gasteiger partial charge in [0.05, 0.1) is 5.71 Å². The fourth-order valence-electron chi connectivity index (χ4n) is 1.80. The fourth-order valence-corrected chi connectivity index (χ4v) is 1.80. The monoisotopic (exact) mass is 241 g/mol. The molecule has 0 heterocycles. The minimum atomic E-state index is -0.919. The van der Waals surface area contributed by atoms with Crippen LogP contribution in [0.2, 0.25) is 0 Å². The molecule has 0 aliphatic heterocycles. The van der Waals surface area contributed by atoms with Crippen LogP contribution >= 0.6 is 0 Å². The minimum absolute atomic E-state index is 0.209. The molecule has 0 saturated heterocycles. The molecule has 0 aromatic rings. The van der Waals surface area contributed by atoms with Crippen molar-refractivity contribution in [3.05, 3.63) is 11.6 Å². The molecule has 0 unspecified atom stereocenters. The van der Waals surface area contributed by atoms with E-state index in [0.29, 0.717) is 6.61 Å². The van der Waals surface area contributed by atoms with Crippen LogP contribution in [-0.2, 0) is 14.4 Å². The lowest BCUT2D eigenvalue weighted by Crippen LogP contribution is -2.07. The van der Waals surface area contributed by atoms with Crippen molar-refractivity contribution in [2.45, 2.75) is 32.1 Å². The zero-order valence-electron chi connectivity index (χ0n) is 10.1. The van der Waals surface area contributed by atoms with Gasteiger partial charge in [0.2, 0.25) is 0 Å². The van der Waals surface area contributed by atoms with Gasteiger partial charge in [0, 0.05) is 6.61 Å². The molecule has 1 N–H and O–H groups in total. The van der Waals surface area contributed by atoms with Crippen molar-refractivity contribution < 1.29 is 19.5 Å². The van der Waals surface area contributed by atoms with Gasteiger partial charge in [-0.2, -0.15) is 0 Å². The first-order valence-corrected chi connectivity index (χ1v) is 5.83. The number of allylic oxidation sites excluding steroid dienone is 2. The van der Waals surface area contributed by atoms with Gasteiger partial charge in [-0.05, 0) is 37.7 Å². The van der Waals surface area contributed by atoms with E-state index >= 15 is 0 Å². The Labute approximate surface area is 101 Å². The molecular weight excluding hydrogens is 222 g/mol. The summed E-state index contributed by atoms with van der Waals surface area (Å²) in [7, 11) is 1.56. The number of rotatable bonds is 8. The maximum Gasteiger partial charge on any atom is 0.329 e. The Kier molecular flexibility index (Phi) is 6.32. The Bertz CT molecular complexity index is 310. The number of carbonyl (C=O) groups is 1. The highest BCUT2D eigenvalue weighted by Gasteiger charge is 2.13. The van der Waals surface area contributed by atoms with E-state index < -0.39 is 5.97 Å². The number of aliphatic carboxylic acids is 1. The fraction of sp³-hybridized carbons (Fsp3) is 0.667. The summed E-state index contributed by atoms with van der Waals surface area (Å²) in [6.45, 7) is 0.287. The molecule has 17 heavy (non-hydrogen) atoms. The number of hydrogen-bond donors (Lipinski definition) is 1. The smallest absolute Gasteiger partial charge is 0.329 e. The van der Waals surface area contributed by atoms with Gasteiger partial charge in [-0.15, -0.1) is 0 Å². The lowest BCUT2D eigenvalue weighted by atomic mass is 10.1. The maximum absolute atomic E-state index is 10.2. The van der Waals surface area contributed by atoms with Gasteiger partial charge in [0.25, 0.3) is 0 Å². The molecule has 0 radical (unpaired) electrons. The molecule has 1 rings (SSSR count). The van der Waals surface area contributed by atoms with Crippen LogP contribution < -0.4 is 0 Å². The van der Waals surface area contributed by atoms with Gasteiger partial charge >= 0.3 is 5.97 Å². The van der Waals surface area contributed by atoms with E-state index in [-0.39, 0.29) is 6.61 Å². The summed E-state index contributed by atoms with van der Waals surface area (Å²) in [5.41, 5.74) is 2.30. The number of ether oxygens (including phenoxy) is 1. The molecule has 96 valence electrons. The summed E-state index contributed by atoms with van der Waals surface area (Å²) in [5, 5.41) is 12.4. The molecule has 5 heteroatoms. The van der Waals surface area contributed by atoms with Gasteiger partial charge in [-0.3, -0.25) is 0 Å². The number of oxime groups is 1. The number of carboxylic acids is 1. The first kappa shape index (κ1) is 13.7.